The number of nitrogens with zero attached hydrogens (tertiary/aromatic N) is 2. The minimum absolute atomic E-state index is 0.0351. The van der Waals surface area contributed by atoms with Crippen molar-refractivity contribution in [3.05, 3.63) is 87.8 Å². The van der Waals surface area contributed by atoms with Gasteiger partial charge < -0.3 is 4.74 Å². The third-order valence-electron chi connectivity index (χ3n) is 4.91. The van der Waals surface area contributed by atoms with E-state index < -0.39 is 67.6 Å². The van der Waals surface area contributed by atoms with Gasteiger partial charge in [-0.2, -0.15) is 26.3 Å². The first-order chi connectivity index (χ1) is 17.1. The Morgan fingerprint density at radius 3 is 2.14 bits per heavy atom. The van der Waals surface area contributed by atoms with Crippen LogP contribution in [0.25, 0.3) is 0 Å². The van der Waals surface area contributed by atoms with Crippen LogP contribution in [0.15, 0.2) is 59.6 Å². The summed E-state index contributed by atoms with van der Waals surface area (Å²) < 4.78 is 124. The van der Waals surface area contributed by atoms with Gasteiger partial charge in [-0.1, -0.05) is 17.7 Å². The highest BCUT2D eigenvalue weighted by Crippen LogP contribution is 2.37. The number of benzene rings is 2. The number of halogens is 8. The highest BCUT2D eigenvalue weighted by Gasteiger charge is 2.36. The van der Waals surface area contributed by atoms with E-state index in [9.17, 15) is 43.9 Å². The van der Waals surface area contributed by atoms with E-state index in [1.165, 1.54) is 0 Å². The number of anilines is 1. The molecule has 15 heteroatoms. The van der Waals surface area contributed by atoms with Crippen LogP contribution in [0.3, 0.4) is 0 Å². The highest BCUT2D eigenvalue weighted by atomic mass is 35.5. The topological polar surface area (TPSA) is 76.6 Å². The van der Waals surface area contributed by atoms with Gasteiger partial charge in [0, 0.05) is 6.20 Å². The van der Waals surface area contributed by atoms with Gasteiger partial charge in [0.15, 0.2) is 5.82 Å². The number of hydrogen-bond donors (Lipinski definition) is 0. The molecule has 0 aliphatic carbocycles. The molecule has 1 aromatic heterocycles. The van der Waals surface area contributed by atoms with Gasteiger partial charge in [-0.15, -0.1) is 0 Å². The number of pyridine rings is 1. The number of carbonyl (C=O) groups excluding carboxylic acids is 1. The maximum absolute atomic E-state index is 13.7. The fraction of sp³-hybridized carbons (Fsp3) is 0.182. The van der Waals surface area contributed by atoms with Crippen LogP contribution >= 0.6 is 11.6 Å². The van der Waals surface area contributed by atoms with E-state index in [0.29, 0.717) is 28.7 Å². The second kappa shape index (κ2) is 10.2. The minimum atomic E-state index is -5.11. The van der Waals surface area contributed by atoms with Gasteiger partial charge in [-0.3, -0.25) is 0 Å². The van der Waals surface area contributed by atoms with Gasteiger partial charge in [0.1, 0.15) is 5.82 Å². The molecule has 0 fully saturated rings. The Balaban J connectivity index is 2.16. The largest absolute Gasteiger partial charge is 0.465 e. The number of esters is 1. The molecule has 0 amide bonds. The van der Waals surface area contributed by atoms with Gasteiger partial charge >= 0.3 is 18.3 Å². The number of methoxy groups -OCH3 is 1. The molecule has 2 aromatic carbocycles. The Labute approximate surface area is 210 Å². The van der Waals surface area contributed by atoms with E-state index in [1.54, 1.807) is 0 Å². The van der Waals surface area contributed by atoms with Crippen LogP contribution < -0.4 is 4.31 Å². The van der Waals surface area contributed by atoms with E-state index in [1.807, 2.05) is 0 Å². The van der Waals surface area contributed by atoms with Crippen LogP contribution in [0.5, 0.6) is 0 Å². The van der Waals surface area contributed by atoms with Crippen molar-refractivity contribution in [3.63, 3.8) is 0 Å². The first kappa shape index (κ1) is 28.2. The Hall–Kier alpha value is -3.39. The van der Waals surface area contributed by atoms with Crippen molar-refractivity contribution in [1.29, 1.82) is 0 Å². The van der Waals surface area contributed by atoms with Crippen molar-refractivity contribution in [2.75, 3.05) is 11.4 Å². The maximum atomic E-state index is 13.7. The molecule has 0 spiro atoms. The molecule has 0 aliphatic rings. The lowest BCUT2D eigenvalue weighted by Gasteiger charge is -2.25. The summed E-state index contributed by atoms with van der Waals surface area (Å²) in [6.45, 7) is -0.914. The molecule has 0 saturated heterocycles. The average Bonchev–Trinajstić information content (AvgIpc) is 2.82. The molecule has 0 aliphatic heterocycles. The number of alkyl halides is 6. The second-order valence-electron chi connectivity index (χ2n) is 7.37. The van der Waals surface area contributed by atoms with E-state index in [-0.39, 0.29) is 11.1 Å². The van der Waals surface area contributed by atoms with Gasteiger partial charge in [0.2, 0.25) is 0 Å². The number of carbonyl (C=O) groups is 1. The molecular formula is C22H14ClF7N2O4S. The molecule has 0 saturated carbocycles. The zero-order valence-corrected chi connectivity index (χ0v) is 19.9. The first-order valence-corrected chi connectivity index (χ1v) is 11.7. The predicted molar refractivity (Wildman–Crippen MR) is 117 cm³/mol. The van der Waals surface area contributed by atoms with Crippen LogP contribution in [0, 0.1) is 5.82 Å². The predicted octanol–water partition coefficient (Wildman–Crippen LogP) is 6.09. The molecule has 0 atom stereocenters. The molecule has 0 bridgehead atoms. The average molecular weight is 571 g/mol. The molecule has 198 valence electrons. The molecule has 37 heavy (non-hydrogen) atoms. The van der Waals surface area contributed by atoms with Crippen LogP contribution in [-0.2, 0) is 33.7 Å². The molecule has 3 aromatic rings. The summed E-state index contributed by atoms with van der Waals surface area (Å²) in [6.07, 6.45) is -9.69. The Bertz CT molecular complexity index is 1430. The second-order valence-corrected chi connectivity index (χ2v) is 9.64. The van der Waals surface area contributed by atoms with Crippen molar-refractivity contribution >= 4 is 33.4 Å². The van der Waals surface area contributed by atoms with Gasteiger partial charge in [0.25, 0.3) is 10.0 Å². The fourth-order valence-corrected chi connectivity index (χ4v) is 4.85. The SMILES string of the molecule is COC(=O)c1ccc(S(=O)(=O)N(Cc2ccc(F)c(C(F)(F)F)c2)c2ncc(C(F)(F)F)cc2Cl)cc1. The van der Waals surface area contributed by atoms with Crippen molar-refractivity contribution in [2.45, 2.75) is 23.8 Å². The molecule has 6 nitrogen and oxygen atoms in total. The molecule has 3 rings (SSSR count). The third-order valence-corrected chi connectivity index (χ3v) is 6.94. The molecular weight excluding hydrogens is 557 g/mol. The van der Waals surface area contributed by atoms with Crippen molar-refractivity contribution in [3.8, 4) is 0 Å². The molecule has 0 radical (unpaired) electrons. The zero-order chi connectivity index (χ0) is 27.8. The van der Waals surface area contributed by atoms with Crippen LogP contribution in [-0.4, -0.2) is 26.5 Å². The van der Waals surface area contributed by atoms with E-state index in [4.69, 9.17) is 11.6 Å². The molecule has 1 heterocycles. The summed E-state index contributed by atoms with van der Waals surface area (Å²) in [5.41, 5.74) is -3.40. The normalized spacial score (nSPS) is 12.4. The van der Waals surface area contributed by atoms with Gasteiger partial charge in [0.05, 0.1) is 40.3 Å². The number of ether oxygens (including phenoxy) is 1. The Morgan fingerprint density at radius 1 is 1.00 bits per heavy atom. The van der Waals surface area contributed by atoms with E-state index in [2.05, 4.69) is 9.72 Å². The third kappa shape index (κ3) is 6.13. The first-order valence-electron chi connectivity index (χ1n) is 9.85. The number of aromatic nitrogens is 1. The Morgan fingerprint density at radius 2 is 1.62 bits per heavy atom. The van der Waals surface area contributed by atoms with Gasteiger partial charge in [-0.25, -0.2) is 26.9 Å². The zero-order valence-electron chi connectivity index (χ0n) is 18.4. The number of sulfonamides is 1. The smallest absolute Gasteiger partial charge is 0.419 e. The lowest BCUT2D eigenvalue weighted by Crippen LogP contribution is -2.32. The summed E-state index contributed by atoms with van der Waals surface area (Å²) in [7, 11) is -3.66. The van der Waals surface area contributed by atoms with Crippen molar-refractivity contribution in [1.82, 2.24) is 4.98 Å². The number of hydrogen-bond acceptors (Lipinski definition) is 5. The van der Waals surface area contributed by atoms with Crippen LogP contribution in [0.4, 0.5) is 36.6 Å². The van der Waals surface area contributed by atoms with Crippen molar-refractivity contribution < 1.29 is 48.7 Å². The van der Waals surface area contributed by atoms with Crippen LogP contribution in [0.2, 0.25) is 5.02 Å². The summed E-state index contributed by atoms with van der Waals surface area (Å²) in [5, 5.41) is -0.775. The Kier molecular flexibility index (Phi) is 7.75. The summed E-state index contributed by atoms with van der Waals surface area (Å²) in [4.78, 5) is 14.6. The summed E-state index contributed by atoms with van der Waals surface area (Å²) >= 11 is 5.93. The van der Waals surface area contributed by atoms with E-state index >= 15 is 0 Å². The monoisotopic (exact) mass is 570 g/mol. The molecule has 0 unspecified atom stereocenters. The number of rotatable bonds is 6. The molecule has 0 N–H and O–H groups in total. The van der Waals surface area contributed by atoms with Gasteiger partial charge in [-0.05, 0) is 48.0 Å². The minimum Gasteiger partial charge on any atom is -0.465 e. The standard InChI is InChI=1S/C22H14ClF7N2O4S/c1-36-20(33)13-3-5-15(6-4-13)37(34,35)32(19-17(23)9-14(10-31-19)21(25,26)27)11-12-2-7-18(24)16(8-12)22(28,29)30/h2-10H,11H2,1H3. The summed E-state index contributed by atoms with van der Waals surface area (Å²) in [5.74, 6) is -3.14. The quantitative estimate of drug-likeness (QED) is 0.265. The van der Waals surface area contributed by atoms with Crippen LogP contribution in [0.1, 0.15) is 27.0 Å². The van der Waals surface area contributed by atoms with E-state index in [0.717, 1.165) is 37.4 Å². The lowest BCUT2D eigenvalue weighted by atomic mass is 10.1. The van der Waals surface area contributed by atoms with Crippen molar-refractivity contribution in [2.24, 2.45) is 0 Å². The summed E-state index contributed by atoms with van der Waals surface area (Å²) in [6, 6.07) is 6.20. The lowest BCUT2D eigenvalue weighted by molar-refractivity contribution is -0.140. The maximum Gasteiger partial charge on any atom is 0.419 e. The fourth-order valence-electron chi connectivity index (χ4n) is 3.10. The highest BCUT2D eigenvalue weighted by molar-refractivity contribution is 7.92.